The minimum Gasteiger partial charge on any atom is -0.497 e. The number of benzene rings is 2. The first-order valence-corrected chi connectivity index (χ1v) is 13.1. The number of halogens is 1. The van der Waals surface area contributed by atoms with Gasteiger partial charge >= 0.3 is 0 Å². The van der Waals surface area contributed by atoms with E-state index >= 15 is 0 Å². The van der Waals surface area contributed by atoms with Crippen molar-refractivity contribution in [1.82, 2.24) is 4.98 Å². The fourth-order valence-corrected chi connectivity index (χ4v) is 6.79. The van der Waals surface area contributed by atoms with Gasteiger partial charge in [0.05, 0.1) is 25.2 Å². The molecule has 3 aromatic rings. The molecule has 1 aromatic heterocycles. The number of thiazole rings is 1. The number of anilines is 1. The van der Waals surface area contributed by atoms with E-state index in [1.54, 1.807) is 29.5 Å². The van der Waals surface area contributed by atoms with Gasteiger partial charge in [-0.3, -0.25) is 0 Å². The van der Waals surface area contributed by atoms with E-state index in [0.29, 0.717) is 37.4 Å². The molecule has 1 fully saturated rings. The average Bonchev–Trinajstić information content (AvgIpc) is 3.28. The predicted octanol–water partition coefficient (Wildman–Crippen LogP) is 4.85. The van der Waals surface area contributed by atoms with E-state index in [4.69, 9.17) is 26.1 Å². The van der Waals surface area contributed by atoms with E-state index in [1.807, 2.05) is 24.3 Å². The number of methoxy groups -OCH3 is 2. The summed E-state index contributed by atoms with van der Waals surface area (Å²) in [4.78, 5) is 7.14. The number of hydrogen-bond donors (Lipinski definition) is 0. The Morgan fingerprint density at radius 2 is 1.81 bits per heavy atom. The number of ether oxygens (including phenoxy) is 2. The van der Waals surface area contributed by atoms with Crippen molar-refractivity contribution in [2.75, 3.05) is 32.2 Å². The van der Waals surface area contributed by atoms with Crippen LogP contribution in [-0.4, -0.2) is 46.0 Å². The van der Waals surface area contributed by atoms with Gasteiger partial charge in [0, 0.05) is 36.0 Å². The molecule has 170 valence electrons. The third kappa shape index (κ3) is 4.87. The lowest BCUT2D eigenvalue weighted by Crippen LogP contribution is -2.39. The first-order valence-electron chi connectivity index (χ1n) is 10.3. The van der Waals surface area contributed by atoms with E-state index in [-0.39, 0.29) is 4.90 Å². The van der Waals surface area contributed by atoms with Crippen molar-refractivity contribution < 1.29 is 17.9 Å². The molecule has 4 rings (SSSR count). The lowest BCUT2D eigenvalue weighted by Gasteiger charge is -2.31. The molecule has 1 aliphatic rings. The molecule has 0 spiro atoms. The van der Waals surface area contributed by atoms with Gasteiger partial charge in [-0.05, 0) is 42.7 Å². The molecule has 2 heterocycles. The number of hydrogen-bond acceptors (Lipinski definition) is 7. The molecular weight excluding hydrogens is 468 g/mol. The van der Waals surface area contributed by atoms with Gasteiger partial charge in [0.25, 0.3) is 0 Å². The quantitative estimate of drug-likeness (QED) is 0.469. The van der Waals surface area contributed by atoms with Gasteiger partial charge in [-0.25, -0.2) is 13.4 Å². The molecule has 0 unspecified atom stereocenters. The first-order chi connectivity index (χ1) is 15.4. The summed E-state index contributed by atoms with van der Waals surface area (Å²) in [5.74, 6) is 0.845. The van der Waals surface area contributed by atoms with Gasteiger partial charge in [-0.1, -0.05) is 23.7 Å². The molecule has 0 saturated carbocycles. The van der Waals surface area contributed by atoms with Gasteiger partial charge in [0.2, 0.25) is 0 Å². The number of aromatic nitrogens is 1. The number of piperidine rings is 1. The molecule has 0 radical (unpaired) electrons. The number of nitrogens with zero attached hydrogens (tertiary/aromatic N) is 2. The summed E-state index contributed by atoms with van der Waals surface area (Å²) >= 11 is 7.56. The zero-order valence-electron chi connectivity index (χ0n) is 18.0. The van der Waals surface area contributed by atoms with Crippen molar-refractivity contribution in [2.45, 2.75) is 29.4 Å². The van der Waals surface area contributed by atoms with Gasteiger partial charge < -0.3 is 14.4 Å². The molecule has 0 bridgehead atoms. The fourth-order valence-electron chi connectivity index (χ4n) is 3.88. The van der Waals surface area contributed by atoms with Crippen LogP contribution in [-0.2, 0) is 16.3 Å². The Labute approximate surface area is 197 Å². The molecule has 9 heteroatoms. The first kappa shape index (κ1) is 22.9. The average molecular weight is 493 g/mol. The van der Waals surface area contributed by atoms with E-state index in [0.717, 1.165) is 27.8 Å². The molecule has 32 heavy (non-hydrogen) atoms. The third-order valence-electron chi connectivity index (χ3n) is 5.67. The molecule has 2 aromatic carbocycles. The topological polar surface area (TPSA) is 68.7 Å². The molecule has 0 atom stereocenters. The summed E-state index contributed by atoms with van der Waals surface area (Å²) < 4.78 is 37.2. The Morgan fingerprint density at radius 1 is 1.09 bits per heavy atom. The molecule has 6 nitrogen and oxygen atoms in total. The Kier molecular flexibility index (Phi) is 6.93. The minimum atomic E-state index is -3.54. The van der Waals surface area contributed by atoms with Gasteiger partial charge in [0.1, 0.15) is 16.4 Å². The van der Waals surface area contributed by atoms with Crippen LogP contribution in [0.4, 0.5) is 5.13 Å². The lowest BCUT2D eigenvalue weighted by molar-refractivity contribution is 0.391. The zero-order chi connectivity index (χ0) is 22.7. The number of sulfone groups is 1. The van der Waals surface area contributed by atoms with Crippen LogP contribution in [0, 0.1) is 0 Å². The van der Waals surface area contributed by atoms with E-state index in [1.165, 1.54) is 14.2 Å². The second-order valence-corrected chi connectivity index (χ2v) is 11.1. The maximum absolute atomic E-state index is 13.3. The van der Waals surface area contributed by atoms with Crippen molar-refractivity contribution in [2.24, 2.45) is 0 Å². The standard InChI is InChI=1S/C23H25ClN2O4S2/c1-29-19-7-8-21(30-2)22(14-19)32(27,28)20-9-11-26(12-10-20)23-25-18(15-31-23)13-16-3-5-17(24)6-4-16/h3-8,14-15,20H,9-13H2,1-2H3. The third-order valence-corrected chi connectivity index (χ3v) is 9.15. The molecular formula is C23H25ClN2O4S2. The summed E-state index contributed by atoms with van der Waals surface area (Å²) in [6.45, 7) is 1.29. The van der Waals surface area contributed by atoms with Crippen molar-refractivity contribution in [1.29, 1.82) is 0 Å². The summed E-state index contributed by atoms with van der Waals surface area (Å²) in [5.41, 5.74) is 2.16. The van der Waals surface area contributed by atoms with Crippen molar-refractivity contribution >= 4 is 37.9 Å². The van der Waals surface area contributed by atoms with Crippen LogP contribution >= 0.6 is 22.9 Å². The smallest absolute Gasteiger partial charge is 0.185 e. The van der Waals surface area contributed by atoms with E-state index < -0.39 is 15.1 Å². The predicted molar refractivity (Wildman–Crippen MR) is 128 cm³/mol. The largest absolute Gasteiger partial charge is 0.497 e. The highest BCUT2D eigenvalue weighted by atomic mass is 35.5. The highest BCUT2D eigenvalue weighted by Gasteiger charge is 2.34. The molecule has 0 aliphatic carbocycles. The van der Waals surface area contributed by atoms with Gasteiger partial charge in [-0.15, -0.1) is 11.3 Å². The Bertz CT molecular complexity index is 1170. The maximum Gasteiger partial charge on any atom is 0.185 e. The molecule has 1 saturated heterocycles. The van der Waals surface area contributed by atoms with Crippen LogP contribution in [0.25, 0.3) is 0 Å². The second kappa shape index (κ2) is 9.68. The molecule has 0 N–H and O–H groups in total. The molecule has 0 amide bonds. The van der Waals surface area contributed by atoms with Crippen LogP contribution in [0.3, 0.4) is 0 Å². The normalized spacial score (nSPS) is 15.0. The van der Waals surface area contributed by atoms with Crippen LogP contribution in [0.5, 0.6) is 11.5 Å². The second-order valence-electron chi connectivity index (χ2n) is 7.67. The SMILES string of the molecule is COc1ccc(OC)c(S(=O)(=O)C2CCN(c3nc(Cc4ccc(Cl)cc4)cs3)CC2)c1. The van der Waals surface area contributed by atoms with Crippen molar-refractivity contribution in [3.63, 3.8) is 0 Å². The van der Waals surface area contributed by atoms with Crippen LogP contribution in [0.2, 0.25) is 5.02 Å². The summed E-state index contributed by atoms with van der Waals surface area (Å²) in [7, 11) is -0.542. The van der Waals surface area contributed by atoms with E-state index in [2.05, 4.69) is 10.3 Å². The molecule has 1 aliphatic heterocycles. The summed E-state index contributed by atoms with van der Waals surface area (Å²) in [5, 5.41) is 3.25. The van der Waals surface area contributed by atoms with Crippen LogP contribution < -0.4 is 14.4 Å². The van der Waals surface area contributed by atoms with Crippen LogP contribution in [0.15, 0.2) is 52.7 Å². The fraction of sp³-hybridized carbons (Fsp3) is 0.348. The highest BCUT2D eigenvalue weighted by molar-refractivity contribution is 7.92. The summed E-state index contributed by atoms with van der Waals surface area (Å²) in [6.07, 6.45) is 1.82. The lowest BCUT2D eigenvalue weighted by atomic mass is 10.1. The summed E-state index contributed by atoms with van der Waals surface area (Å²) in [6, 6.07) is 12.7. The number of rotatable bonds is 7. The zero-order valence-corrected chi connectivity index (χ0v) is 20.3. The Hall–Kier alpha value is -2.29. The highest BCUT2D eigenvalue weighted by Crippen LogP contribution is 2.35. The van der Waals surface area contributed by atoms with Gasteiger partial charge in [0.15, 0.2) is 15.0 Å². The Morgan fingerprint density at radius 3 is 2.47 bits per heavy atom. The Balaban J connectivity index is 1.43. The van der Waals surface area contributed by atoms with Crippen LogP contribution in [0.1, 0.15) is 24.1 Å². The van der Waals surface area contributed by atoms with Crippen molar-refractivity contribution in [3.8, 4) is 11.5 Å². The monoisotopic (exact) mass is 492 g/mol. The minimum absolute atomic E-state index is 0.192. The maximum atomic E-state index is 13.3. The van der Waals surface area contributed by atoms with Gasteiger partial charge in [-0.2, -0.15) is 0 Å². The van der Waals surface area contributed by atoms with Crippen molar-refractivity contribution in [3.05, 3.63) is 64.1 Å². The van der Waals surface area contributed by atoms with E-state index in [9.17, 15) is 8.42 Å².